The highest BCUT2D eigenvalue weighted by Gasteiger charge is 2.20. The molecule has 1 aliphatic rings. The summed E-state index contributed by atoms with van der Waals surface area (Å²) >= 11 is 6.47. The fourth-order valence-electron chi connectivity index (χ4n) is 4.37. The molecule has 7 nitrogen and oxygen atoms in total. The fraction of sp³-hybridized carbons (Fsp3) is 0.231. The molecule has 4 aromatic rings. The molecule has 1 atom stereocenters. The van der Waals surface area contributed by atoms with Crippen LogP contribution in [0.4, 0.5) is 10.2 Å². The van der Waals surface area contributed by atoms with Gasteiger partial charge in [-0.05, 0) is 54.4 Å². The molecule has 2 aromatic heterocycles. The number of phenolic OH excluding ortho intramolecular Hbond substituents is 1. The van der Waals surface area contributed by atoms with Crippen molar-refractivity contribution >= 4 is 17.4 Å². The maximum atomic E-state index is 14.8. The maximum absolute atomic E-state index is 14.8. The van der Waals surface area contributed by atoms with Crippen molar-refractivity contribution < 1.29 is 13.6 Å². The van der Waals surface area contributed by atoms with Gasteiger partial charge in [0.25, 0.3) is 0 Å². The van der Waals surface area contributed by atoms with E-state index in [0.29, 0.717) is 27.3 Å². The Bertz CT molecular complexity index is 1570. The smallest absolute Gasteiger partial charge is 0.332 e. The Balaban J connectivity index is 1.52. The van der Waals surface area contributed by atoms with Crippen molar-refractivity contribution in [2.45, 2.75) is 13.0 Å². The summed E-state index contributed by atoms with van der Waals surface area (Å²) in [5.41, 5.74) is 1.03. The van der Waals surface area contributed by atoms with E-state index in [2.05, 4.69) is 22.1 Å². The number of hydrogen-bond donors (Lipinski definition) is 2. The minimum atomic E-state index is -2.63. The molecule has 3 heterocycles. The minimum Gasteiger partial charge on any atom is -0.507 e. The van der Waals surface area contributed by atoms with Crippen molar-refractivity contribution in [1.82, 2.24) is 19.4 Å². The molecule has 35 heavy (non-hydrogen) atoms. The van der Waals surface area contributed by atoms with E-state index in [4.69, 9.17) is 15.7 Å². The van der Waals surface area contributed by atoms with Gasteiger partial charge in [0.1, 0.15) is 17.4 Å². The lowest BCUT2D eigenvalue weighted by molar-refractivity contribution is 0.477. The van der Waals surface area contributed by atoms with Crippen LogP contribution >= 0.6 is 11.6 Å². The predicted molar refractivity (Wildman–Crippen MR) is 136 cm³/mol. The van der Waals surface area contributed by atoms with Gasteiger partial charge in [-0.3, -0.25) is 4.57 Å². The Morgan fingerprint density at radius 3 is 2.63 bits per heavy atom. The SMILES string of the molecule is [2H]C([2H])([2H])n1ccn(-c2ccc(-c3cc(F)cc(-c4ccnc(N5CCN[C@H](C)C5)c4)c3O)cc2Cl)c1=O. The number of rotatable bonds is 4. The van der Waals surface area contributed by atoms with Gasteiger partial charge in [0.2, 0.25) is 0 Å². The molecule has 0 radical (unpaired) electrons. The Morgan fingerprint density at radius 1 is 1.17 bits per heavy atom. The summed E-state index contributed by atoms with van der Waals surface area (Å²) in [5, 5.41) is 14.7. The van der Waals surface area contributed by atoms with Gasteiger partial charge >= 0.3 is 5.69 Å². The van der Waals surface area contributed by atoms with Crippen molar-refractivity contribution in [2.75, 3.05) is 24.5 Å². The second kappa shape index (κ2) is 9.20. The Labute approximate surface area is 211 Å². The molecule has 9 heteroatoms. The van der Waals surface area contributed by atoms with Crippen LogP contribution in [-0.2, 0) is 6.98 Å². The van der Waals surface area contributed by atoms with E-state index in [0.717, 1.165) is 36.2 Å². The third-order valence-corrected chi connectivity index (χ3v) is 6.42. The number of imidazole rings is 1. The number of piperazine rings is 1. The van der Waals surface area contributed by atoms with Gasteiger partial charge in [-0.1, -0.05) is 17.7 Å². The standard InChI is InChI=1S/C26H25ClFN5O2/c1-16-15-32(8-7-29-16)24-12-18(5-6-30-24)21-14-19(28)13-20(25(21)34)17-3-4-23(22(27)11-17)33-10-9-31(2)26(33)35/h3-6,9-14,16,29,34H,7-8,15H2,1-2H3/t16-/m1/s1/i2D3. The Kier molecular flexibility index (Phi) is 5.17. The summed E-state index contributed by atoms with van der Waals surface area (Å²) in [5.74, 6) is 0.0581. The normalized spacial score (nSPS) is 17.6. The number of anilines is 1. The third-order valence-electron chi connectivity index (χ3n) is 6.12. The van der Waals surface area contributed by atoms with Crippen LogP contribution in [0.5, 0.6) is 5.75 Å². The number of aryl methyl sites for hydroxylation is 1. The van der Waals surface area contributed by atoms with Crippen LogP contribution in [0.15, 0.2) is 65.8 Å². The number of pyridine rings is 1. The summed E-state index contributed by atoms with van der Waals surface area (Å²) in [6.45, 7) is 1.85. The monoisotopic (exact) mass is 496 g/mol. The molecule has 2 aromatic carbocycles. The van der Waals surface area contributed by atoms with E-state index in [9.17, 15) is 14.3 Å². The topological polar surface area (TPSA) is 75.3 Å². The molecule has 0 unspecified atom stereocenters. The first kappa shape index (κ1) is 19.7. The first-order chi connectivity index (χ1) is 18.0. The maximum Gasteiger partial charge on any atom is 0.332 e. The summed E-state index contributed by atoms with van der Waals surface area (Å²) in [7, 11) is 0. The van der Waals surface area contributed by atoms with Crippen LogP contribution in [-0.4, -0.2) is 44.9 Å². The minimum absolute atomic E-state index is 0.122. The molecular formula is C26H25ClFN5O2. The molecule has 0 spiro atoms. The van der Waals surface area contributed by atoms with Gasteiger partial charge in [0, 0.05) is 66.5 Å². The molecule has 0 amide bonds. The number of nitrogens with one attached hydrogen (secondary N) is 1. The second-order valence-corrected chi connectivity index (χ2v) is 8.95. The molecule has 0 bridgehead atoms. The average Bonchev–Trinajstić information content (AvgIpc) is 3.27. The van der Waals surface area contributed by atoms with Crippen molar-refractivity contribution in [3.8, 4) is 33.7 Å². The third kappa shape index (κ3) is 4.42. The molecule has 2 N–H and O–H groups in total. The average molecular weight is 497 g/mol. The number of halogens is 2. The van der Waals surface area contributed by atoms with E-state index in [1.807, 2.05) is 6.07 Å². The van der Waals surface area contributed by atoms with E-state index in [-0.39, 0.29) is 22.0 Å². The van der Waals surface area contributed by atoms with Gasteiger partial charge in [-0.2, -0.15) is 0 Å². The quantitative estimate of drug-likeness (QED) is 0.443. The number of aromatic nitrogens is 3. The van der Waals surface area contributed by atoms with Gasteiger partial charge in [0.15, 0.2) is 0 Å². The van der Waals surface area contributed by atoms with Crippen LogP contribution < -0.4 is 15.9 Å². The largest absolute Gasteiger partial charge is 0.507 e. The Morgan fingerprint density at radius 2 is 1.94 bits per heavy atom. The van der Waals surface area contributed by atoms with Crippen LogP contribution in [0, 0.1) is 5.82 Å². The number of nitrogens with zero attached hydrogens (tertiary/aromatic N) is 4. The summed E-state index contributed by atoms with van der Waals surface area (Å²) in [6, 6.07) is 10.9. The molecule has 180 valence electrons. The molecule has 0 aliphatic carbocycles. The highest BCUT2D eigenvalue weighted by Crippen LogP contribution is 2.40. The van der Waals surface area contributed by atoms with Gasteiger partial charge < -0.3 is 19.9 Å². The van der Waals surface area contributed by atoms with Gasteiger partial charge in [-0.25, -0.2) is 14.2 Å². The lowest BCUT2D eigenvalue weighted by atomic mass is 9.97. The van der Waals surface area contributed by atoms with Crippen molar-refractivity contribution in [3.63, 3.8) is 0 Å². The van der Waals surface area contributed by atoms with Crippen LogP contribution in [0.2, 0.25) is 5.02 Å². The van der Waals surface area contributed by atoms with Crippen LogP contribution in [0.3, 0.4) is 0 Å². The van der Waals surface area contributed by atoms with E-state index in [1.54, 1.807) is 18.3 Å². The highest BCUT2D eigenvalue weighted by molar-refractivity contribution is 6.32. The number of aromatic hydroxyl groups is 1. The van der Waals surface area contributed by atoms with Crippen molar-refractivity contribution in [3.05, 3.63) is 82.4 Å². The summed E-state index contributed by atoms with van der Waals surface area (Å²) in [4.78, 5) is 19.2. The second-order valence-electron chi connectivity index (χ2n) is 8.54. The molecule has 1 fully saturated rings. The molecule has 1 saturated heterocycles. The Hall–Kier alpha value is -3.62. The number of hydrogen-bond acceptors (Lipinski definition) is 5. The van der Waals surface area contributed by atoms with E-state index in [1.165, 1.54) is 30.5 Å². The molecule has 5 rings (SSSR count). The molecular weight excluding hydrogens is 469 g/mol. The molecule has 1 aliphatic heterocycles. The zero-order valence-electron chi connectivity index (χ0n) is 21.9. The highest BCUT2D eigenvalue weighted by atomic mass is 35.5. The lowest BCUT2D eigenvalue weighted by Gasteiger charge is -2.32. The predicted octanol–water partition coefficient (Wildman–Crippen LogP) is 4.20. The van der Waals surface area contributed by atoms with E-state index < -0.39 is 18.5 Å². The number of benzene rings is 2. The summed E-state index contributed by atoms with van der Waals surface area (Å²) in [6.07, 6.45) is 4.11. The number of phenols is 1. The van der Waals surface area contributed by atoms with Crippen LogP contribution in [0.25, 0.3) is 27.9 Å². The zero-order chi connectivity index (χ0) is 27.2. The van der Waals surface area contributed by atoms with Gasteiger partial charge in [0.05, 0.1) is 10.7 Å². The lowest BCUT2D eigenvalue weighted by Crippen LogP contribution is -2.49. The van der Waals surface area contributed by atoms with Crippen molar-refractivity contribution in [1.29, 1.82) is 0 Å². The van der Waals surface area contributed by atoms with Crippen LogP contribution in [0.1, 0.15) is 11.0 Å². The molecule has 0 saturated carbocycles. The first-order valence-electron chi connectivity index (χ1n) is 12.6. The van der Waals surface area contributed by atoms with E-state index >= 15 is 0 Å². The fourth-order valence-corrected chi connectivity index (χ4v) is 4.64. The first-order valence-corrected chi connectivity index (χ1v) is 11.5. The summed E-state index contributed by atoms with van der Waals surface area (Å²) < 4.78 is 39.0. The van der Waals surface area contributed by atoms with Crippen molar-refractivity contribution in [2.24, 2.45) is 6.98 Å². The van der Waals surface area contributed by atoms with Gasteiger partial charge in [-0.15, -0.1) is 0 Å². The zero-order valence-corrected chi connectivity index (χ0v) is 19.6.